The summed E-state index contributed by atoms with van der Waals surface area (Å²) in [6, 6.07) is 4.99. The molecule has 1 saturated heterocycles. The van der Waals surface area contributed by atoms with Crippen molar-refractivity contribution in [2.24, 2.45) is 0 Å². The van der Waals surface area contributed by atoms with Gasteiger partial charge in [0.1, 0.15) is 5.75 Å². The van der Waals surface area contributed by atoms with Gasteiger partial charge < -0.3 is 15.4 Å². The fourth-order valence-corrected chi connectivity index (χ4v) is 2.21. The van der Waals surface area contributed by atoms with Crippen LogP contribution in [-0.2, 0) is 4.79 Å². The Labute approximate surface area is 112 Å². The number of benzene rings is 1. The van der Waals surface area contributed by atoms with Crippen LogP contribution in [-0.4, -0.2) is 30.0 Å². The van der Waals surface area contributed by atoms with E-state index >= 15 is 0 Å². The third-order valence-electron chi connectivity index (χ3n) is 3.04. The van der Waals surface area contributed by atoms with E-state index in [0.717, 1.165) is 25.9 Å². The van der Waals surface area contributed by atoms with Crippen LogP contribution in [0.25, 0.3) is 0 Å². The SMILES string of the molecule is CC(Oc1cc(Cl)ccc1N)C(=O)N1CCCC1. The van der Waals surface area contributed by atoms with Crippen molar-refractivity contribution in [2.75, 3.05) is 18.8 Å². The van der Waals surface area contributed by atoms with Crippen LogP contribution in [0.15, 0.2) is 18.2 Å². The van der Waals surface area contributed by atoms with Gasteiger partial charge in [0.05, 0.1) is 5.69 Å². The Balaban J connectivity index is 2.03. The molecule has 1 aliphatic rings. The van der Waals surface area contributed by atoms with Gasteiger partial charge in [-0.2, -0.15) is 0 Å². The molecule has 0 aliphatic carbocycles. The topological polar surface area (TPSA) is 55.6 Å². The largest absolute Gasteiger partial charge is 0.479 e. The number of nitrogens with two attached hydrogens (primary N) is 1. The van der Waals surface area contributed by atoms with E-state index in [2.05, 4.69) is 0 Å². The second kappa shape index (κ2) is 5.48. The molecule has 98 valence electrons. The zero-order chi connectivity index (χ0) is 13.1. The fourth-order valence-electron chi connectivity index (χ4n) is 2.05. The predicted octanol–water partition coefficient (Wildman–Crippen LogP) is 2.31. The van der Waals surface area contributed by atoms with Crippen LogP contribution in [0.5, 0.6) is 5.75 Å². The number of hydrogen-bond donors (Lipinski definition) is 1. The molecule has 18 heavy (non-hydrogen) atoms. The van der Waals surface area contributed by atoms with Crippen molar-refractivity contribution in [2.45, 2.75) is 25.9 Å². The van der Waals surface area contributed by atoms with Gasteiger partial charge in [0.2, 0.25) is 0 Å². The molecule has 1 amide bonds. The van der Waals surface area contributed by atoms with Crippen LogP contribution in [0.2, 0.25) is 5.02 Å². The molecule has 0 radical (unpaired) electrons. The summed E-state index contributed by atoms with van der Waals surface area (Å²) in [4.78, 5) is 13.9. The number of carbonyl (C=O) groups is 1. The average molecular weight is 269 g/mol. The number of likely N-dealkylation sites (tertiary alicyclic amines) is 1. The molecule has 1 aromatic rings. The van der Waals surface area contributed by atoms with Crippen molar-refractivity contribution in [3.05, 3.63) is 23.2 Å². The maximum absolute atomic E-state index is 12.1. The summed E-state index contributed by atoms with van der Waals surface area (Å²) in [5, 5.41) is 0.542. The Bertz CT molecular complexity index is 445. The molecule has 1 aromatic carbocycles. The highest BCUT2D eigenvalue weighted by molar-refractivity contribution is 6.30. The van der Waals surface area contributed by atoms with E-state index < -0.39 is 6.10 Å². The maximum atomic E-state index is 12.1. The van der Waals surface area contributed by atoms with Crippen molar-refractivity contribution < 1.29 is 9.53 Å². The Morgan fingerprint density at radius 3 is 2.78 bits per heavy atom. The molecular weight excluding hydrogens is 252 g/mol. The van der Waals surface area contributed by atoms with E-state index in [1.807, 2.05) is 4.90 Å². The minimum atomic E-state index is -0.538. The highest BCUT2D eigenvalue weighted by atomic mass is 35.5. The smallest absolute Gasteiger partial charge is 0.263 e. The molecule has 1 fully saturated rings. The molecule has 2 rings (SSSR count). The monoisotopic (exact) mass is 268 g/mol. The number of nitrogens with zero attached hydrogens (tertiary/aromatic N) is 1. The predicted molar refractivity (Wildman–Crippen MR) is 71.8 cm³/mol. The Morgan fingerprint density at radius 1 is 1.44 bits per heavy atom. The Morgan fingerprint density at radius 2 is 2.11 bits per heavy atom. The standard InChI is InChI=1S/C13H17ClN2O2/c1-9(13(17)16-6-2-3-7-16)18-12-8-10(14)4-5-11(12)15/h4-5,8-9H,2-3,6-7,15H2,1H3. The van der Waals surface area contributed by atoms with Gasteiger partial charge in [0, 0.05) is 24.2 Å². The summed E-state index contributed by atoms with van der Waals surface area (Å²) in [6.45, 7) is 3.37. The molecule has 5 heteroatoms. The molecular formula is C13H17ClN2O2. The van der Waals surface area contributed by atoms with E-state index in [-0.39, 0.29) is 5.91 Å². The van der Waals surface area contributed by atoms with Gasteiger partial charge in [-0.15, -0.1) is 0 Å². The van der Waals surface area contributed by atoms with Gasteiger partial charge >= 0.3 is 0 Å². The van der Waals surface area contributed by atoms with Gasteiger partial charge in [-0.1, -0.05) is 11.6 Å². The molecule has 0 spiro atoms. The minimum Gasteiger partial charge on any atom is -0.479 e. The zero-order valence-corrected chi connectivity index (χ0v) is 11.1. The highest BCUT2D eigenvalue weighted by Crippen LogP contribution is 2.26. The summed E-state index contributed by atoms with van der Waals surface area (Å²) in [6.07, 6.45) is 1.60. The van der Waals surface area contributed by atoms with E-state index in [0.29, 0.717) is 16.5 Å². The molecule has 0 bridgehead atoms. The lowest BCUT2D eigenvalue weighted by atomic mass is 10.3. The van der Waals surface area contributed by atoms with Gasteiger partial charge in [-0.25, -0.2) is 0 Å². The average Bonchev–Trinajstić information content (AvgIpc) is 2.86. The summed E-state index contributed by atoms with van der Waals surface area (Å²) in [5.74, 6) is 0.467. The summed E-state index contributed by atoms with van der Waals surface area (Å²) in [5.41, 5.74) is 6.27. The number of nitrogen functional groups attached to an aromatic ring is 1. The number of hydrogen-bond acceptors (Lipinski definition) is 3. The molecule has 1 unspecified atom stereocenters. The number of ether oxygens (including phenoxy) is 1. The van der Waals surface area contributed by atoms with Crippen molar-refractivity contribution in [3.8, 4) is 5.75 Å². The number of anilines is 1. The van der Waals surface area contributed by atoms with Crippen molar-refractivity contribution in [3.63, 3.8) is 0 Å². The molecule has 1 heterocycles. The lowest BCUT2D eigenvalue weighted by molar-refractivity contribution is -0.136. The van der Waals surface area contributed by atoms with Crippen molar-refractivity contribution in [1.82, 2.24) is 4.90 Å². The van der Waals surface area contributed by atoms with Crippen LogP contribution in [0.3, 0.4) is 0 Å². The van der Waals surface area contributed by atoms with E-state index in [9.17, 15) is 4.79 Å². The molecule has 2 N–H and O–H groups in total. The zero-order valence-electron chi connectivity index (χ0n) is 10.4. The lowest BCUT2D eigenvalue weighted by Crippen LogP contribution is -2.38. The summed E-state index contributed by atoms with van der Waals surface area (Å²) < 4.78 is 5.60. The normalized spacial score (nSPS) is 16.7. The molecule has 0 saturated carbocycles. The molecule has 0 aromatic heterocycles. The third-order valence-corrected chi connectivity index (χ3v) is 3.28. The summed E-state index contributed by atoms with van der Waals surface area (Å²) in [7, 11) is 0. The van der Waals surface area contributed by atoms with Crippen molar-refractivity contribution >= 4 is 23.2 Å². The number of halogens is 1. The third kappa shape index (κ3) is 2.88. The first-order valence-corrected chi connectivity index (χ1v) is 6.46. The van der Waals surface area contributed by atoms with Crippen LogP contribution in [0.1, 0.15) is 19.8 Å². The van der Waals surface area contributed by atoms with Gasteiger partial charge in [-0.05, 0) is 31.9 Å². The first-order chi connectivity index (χ1) is 8.58. The van der Waals surface area contributed by atoms with Crippen LogP contribution < -0.4 is 10.5 Å². The Kier molecular flexibility index (Phi) is 3.97. The van der Waals surface area contributed by atoms with Gasteiger partial charge in [-0.3, -0.25) is 4.79 Å². The minimum absolute atomic E-state index is 0.00637. The molecule has 4 nitrogen and oxygen atoms in total. The second-order valence-corrected chi connectivity index (χ2v) is 4.91. The van der Waals surface area contributed by atoms with E-state index in [1.54, 1.807) is 25.1 Å². The maximum Gasteiger partial charge on any atom is 0.263 e. The van der Waals surface area contributed by atoms with Gasteiger partial charge in [0.15, 0.2) is 6.10 Å². The quantitative estimate of drug-likeness (QED) is 0.856. The van der Waals surface area contributed by atoms with Gasteiger partial charge in [0.25, 0.3) is 5.91 Å². The first kappa shape index (κ1) is 13.0. The first-order valence-electron chi connectivity index (χ1n) is 6.08. The van der Waals surface area contributed by atoms with Crippen LogP contribution >= 0.6 is 11.6 Å². The lowest BCUT2D eigenvalue weighted by Gasteiger charge is -2.21. The van der Waals surface area contributed by atoms with E-state index in [4.69, 9.17) is 22.1 Å². The number of amides is 1. The highest BCUT2D eigenvalue weighted by Gasteiger charge is 2.24. The van der Waals surface area contributed by atoms with Crippen LogP contribution in [0.4, 0.5) is 5.69 Å². The fraction of sp³-hybridized carbons (Fsp3) is 0.462. The molecule has 1 aliphatic heterocycles. The Hall–Kier alpha value is -1.42. The van der Waals surface area contributed by atoms with Crippen molar-refractivity contribution in [1.29, 1.82) is 0 Å². The molecule has 1 atom stereocenters. The number of carbonyl (C=O) groups excluding carboxylic acids is 1. The number of rotatable bonds is 3. The summed E-state index contributed by atoms with van der Waals surface area (Å²) >= 11 is 5.88. The van der Waals surface area contributed by atoms with Crippen LogP contribution in [0, 0.1) is 0 Å². The van der Waals surface area contributed by atoms with E-state index in [1.165, 1.54) is 0 Å². The second-order valence-electron chi connectivity index (χ2n) is 4.47.